The van der Waals surface area contributed by atoms with Crippen molar-refractivity contribution in [1.82, 2.24) is 4.90 Å². The molecule has 5 heteroatoms. The third kappa shape index (κ3) is 2.40. The van der Waals surface area contributed by atoms with Crippen molar-refractivity contribution in [3.8, 4) is 0 Å². The van der Waals surface area contributed by atoms with Gasteiger partial charge in [0.05, 0.1) is 11.8 Å². The number of amides is 2. The van der Waals surface area contributed by atoms with E-state index in [9.17, 15) is 9.59 Å². The number of likely N-dealkylation sites (tertiary alicyclic amines) is 1. The van der Waals surface area contributed by atoms with Crippen LogP contribution in [0.3, 0.4) is 0 Å². The SMILES string of the molecule is CCN1C(=O)[C@@H]2[C@H](C1=O)[C@H]1CCc3c(C)sc(C)c3C1=C1c3c(C)sc(C)c3CC[C@H]12. The van der Waals surface area contributed by atoms with E-state index < -0.39 is 0 Å². The van der Waals surface area contributed by atoms with Crippen LogP contribution in [0.4, 0.5) is 0 Å². The summed E-state index contributed by atoms with van der Waals surface area (Å²) in [7, 11) is 0. The highest BCUT2D eigenvalue weighted by Crippen LogP contribution is 2.62. The van der Waals surface area contributed by atoms with Crippen LogP contribution >= 0.6 is 22.7 Å². The predicted molar refractivity (Wildman–Crippen MR) is 127 cm³/mol. The number of thiophene rings is 2. The van der Waals surface area contributed by atoms with Crippen molar-refractivity contribution in [3.63, 3.8) is 0 Å². The first kappa shape index (κ1) is 19.9. The predicted octanol–water partition coefficient (Wildman–Crippen LogP) is 5.71. The average molecular weight is 452 g/mol. The molecule has 2 aromatic heterocycles. The van der Waals surface area contributed by atoms with Crippen molar-refractivity contribution in [2.75, 3.05) is 6.54 Å². The molecule has 0 radical (unpaired) electrons. The molecule has 2 aromatic rings. The summed E-state index contributed by atoms with van der Waals surface area (Å²) in [5, 5.41) is 0. The van der Waals surface area contributed by atoms with E-state index in [-0.39, 0.29) is 35.5 Å². The van der Waals surface area contributed by atoms with E-state index in [4.69, 9.17) is 0 Å². The van der Waals surface area contributed by atoms with Crippen molar-refractivity contribution in [3.05, 3.63) is 41.8 Å². The lowest BCUT2D eigenvalue weighted by molar-refractivity contribution is -0.139. The topological polar surface area (TPSA) is 37.4 Å². The molecule has 1 saturated heterocycles. The Morgan fingerprint density at radius 3 is 1.55 bits per heavy atom. The molecule has 1 aliphatic heterocycles. The lowest BCUT2D eigenvalue weighted by Crippen LogP contribution is -2.41. The minimum atomic E-state index is -0.162. The van der Waals surface area contributed by atoms with E-state index in [2.05, 4.69) is 27.7 Å². The Hall–Kier alpha value is -1.72. The Morgan fingerprint density at radius 1 is 0.742 bits per heavy atom. The smallest absolute Gasteiger partial charge is 0.233 e. The molecule has 0 saturated carbocycles. The number of rotatable bonds is 1. The van der Waals surface area contributed by atoms with Crippen LogP contribution in [0.5, 0.6) is 0 Å². The molecule has 0 bridgehead atoms. The Labute approximate surface area is 192 Å². The van der Waals surface area contributed by atoms with E-state index >= 15 is 0 Å². The van der Waals surface area contributed by atoms with Gasteiger partial charge in [0.15, 0.2) is 0 Å². The van der Waals surface area contributed by atoms with Gasteiger partial charge in [-0.15, -0.1) is 22.7 Å². The zero-order valence-corrected chi connectivity index (χ0v) is 20.6. The summed E-state index contributed by atoms with van der Waals surface area (Å²) in [5.41, 5.74) is 8.75. The number of nitrogens with zero attached hydrogens (tertiary/aromatic N) is 1. The highest BCUT2D eigenvalue weighted by Gasteiger charge is 2.59. The van der Waals surface area contributed by atoms with Crippen molar-refractivity contribution in [2.24, 2.45) is 23.7 Å². The van der Waals surface area contributed by atoms with Crippen LogP contribution in [0.25, 0.3) is 11.1 Å². The van der Waals surface area contributed by atoms with E-state index in [1.165, 1.54) is 52.9 Å². The first-order valence-corrected chi connectivity index (χ1v) is 13.3. The molecular formula is C26H29NO2S2. The Bertz CT molecular complexity index is 1110. The summed E-state index contributed by atoms with van der Waals surface area (Å²) >= 11 is 3.82. The van der Waals surface area contributed by atoms with E-state index in [0.717, 1.165) is 25.7 Å². The van der Waals surface area contributed by atoms with Crippen molar-refractivity contribution in [2.45, 2.75) is 60.3 Å². The van der Waals surface area contributed by atoms with Crippen molar-refractivity contribution in [1.29, 1.82) is 0 Å². The van der Waals surface area contributed by atoms with Gasteiger partial charge in [-0.2, -0.15) is 0 Å². The number of aryl methyl sites for hydroxylation is 4. The van der Waals surface area contributed by atoms with Gasteiger partial charge in [0.25, 0.3) is 0 Å². The highest BCUT2D eigenvalue weighted by molar-refractivity contribution is 7.12. The molecule has 2 amide bonds. The molecule has 6 rings (SSSR count). The maximum atomic E-state index is 13.5. The Kier molecular flexibility index (Phi) is 4.27. The quantitative estimate of drug-likeness (QED) is 0.521. The average Bonchev–Trinajstić information content (AvgIpc) is 3.30. The third-order valence-electron chi connectivity index (χ3n) is 8.42. The number of carbonyl (C=O) groups is 2. The van der Waals surface area contributed by atoms with Crippen LogP contribution < -0.4 is 0 Å². The molecule has 4 aliphatic rings. The molecule has 0 aromatic carbocycles. The number of fused-ring (bicyclic) bond motifs is 9. The van der Waals surface area contributed by atoms with Crippen molar-refractivity contribution >= 4 is 45.6 Å². The summed E-state index contributed by atoms with van der Waals surface area (Å²) < 4.78 is 0. The molecule has 3 nitrogen and oxygen atoms in total. The lowest BCUT2D eigenvalue weighted by atomic mass is 9.56. The molecule has 3 aliphatic carbocycles. The van der Waals surface area contributed by atoms with Gasteiger partial charge in [0.2, 0.25) is 11.8 Å². The Morgan fingerprint density at radius 2 is 1.16 bits per heavy atom. The molecule has 162 valence electrons. The fourth-order valence-corrected chi connectivity index (χ4v) is 9.59. The number of allylic oxidation sites excluding steroid dienone is 2. The second-order valence-corrected chi connectivity index (χ2v) is 12.6. The summed E-state index contributed by atoms with van der Waals surface area (Å²) in [6.07, 6.45) is 4.04. The lowest BCUT2D eigenvalue weighted by Gasteiger charge is -2.45. The van der Waals surface area contributed by atoms with Gasteiger partial charge in [-0.05, 0) is 106 Å². The number of hydrogen-bond donors (Lipinski definition) is 0. The number of hydrogen-bond acceptors (Lipinski definition) is 4. The molecule has 3 heterocycles. The summed E-state index contributed by atoms with van der Waals surface area (Å²) in [6, 6.07) is 0. The molecule has 31 heavy (non-hydrogen) atoms. The minimum Gasteiger partial charge on any atom is -0.282 e. The molecule has 0 N–H and O–H groups in total. The normalized spacial score (nSPS) is 29.0. The van der Waals surface area contributed by atoms with Crippen LogP contribution in [0.2, 0.25) is 0 Å². The van der Waals surface area contributed by atoms with Crippen LogP contribution in [-0.4, -0.2) is 23.3 Å². The van der Waals surface area contributed by atoms with Gasteiger partial charge < -0.3 is 0 Å². The molecule has 1 fully saturated rings. The summed E-state index contributed by atoms with van der Waals surface area (Å²) in [5.74, 6) is 0.216. The molecule has 4 atom stereocenters. The van der Waals surface area contributed by atoms with Gasteiger partial charge in [-0.1, -0.05) is 0 Å². The largest absolute Gasteiger partial charge is 0.282 e. The summed E-state index contributed by atoms with van der Waals surface area (Å²) in [6.45, 7) is 11.4. The zero-order valence-electron chi connectivity index (χ0n) is 18.9. The van der Waals surface area contributed by atoms with Crippen LogP contribution in [0, 0.1) is 51.4 Å². The second-order valence-electron chi connectivity index (χ2n) is 9.73. The maximum Gasteiger partial charge on any atom is 0.233 e. The standard InChI is InChI=1S/C26H29NO2S2/c1-6-27-25(28)23-17-9-7-15-11(2)30-13(4)19(15)21(17)22-18(24(23)26(27)29)10-8-16-12(3)31-14(5)20(16)22/h17-18,23-24H,6-10H2,1-5H3/t17-,18+,23+,24-. The van der Waals surface area contributed by atoms with E-state index in [0.29, 0.717) is 6.54 Å². The first-order valence-electron chi connectivity index (χ1n) is 11.6. The monoisotopic (exact) mass is 451 g/mol. The van der Waals surface area contributed by atoms with Gasteiger partial charge in [-0.25, -0.2) is 0 Å². The summed E-state index contributed by atoms with van der Waals surface area (Å²) in [4.78, 5) is 34.2. The molecule has 0 unspecified atom stereocenters. The van der Waals surface area contributed by atoms with Gasteiger partial charge in [-0.3, -0.25) is 14.5 Å². The number of carbonyl (C=O) groups excluding carboxylic acids is 2. The number of imide groups is 1. The zero-order chi connectivity index (χ0) is 21.8. The van der Waals surface area contributed by atoms with Gasteiger partial charge in [0, 0.05) is 26.1 Å². The van der Waals surface area contributed by atoms with Crippen LogP contribution in [-0.2, 0) is 22.4 Å². The molecule has 0 spiro atoms. The van der Waals surface area contributed by atoms with Crippen LogP contribution in [0.15, 0.2) is 0 Å². The fourth-order valence-electron chi connectivity index (χ4n) is 7.35. The van der Waals surface area contributed by atoms with E-state index in [1.807, 2.05) is 29.6 Å². The third-order valence-corrected chi connectivity index (χ3v) is 10.5. The first-order chi connectivity index (χ1) is 14.8. The van der Waals surface area contributed by atoms with Gasteiger partial charge >= 0.3 is 0 Å². The van der Waals surface area contributed by atoms with Crippen molar-refractivity contribution < 1.29 is 9.59 Å². The minimum absolute atomic E-state index is 0.0936. The van der Waals surface area contributed by atoms with Crippen LogP contribution in [0.1, 0.15) is 61.5 Å². The molecular weight excluding hydrogens is 422 g/mol. The second kappa shape index (κ2) is 6.64. The Balaban J connectivity index is 1.70. The van der Waals surface area contributed by atoms with Gasteiger partial charge in [0.1, 0.15) is 0 Å². The highest BCUT2D eigenvalue weighted by atomic mass is 32.1. The maximum absolute atomic E-state index is 13.5. The fraction of sp³-hybridized carbons (Fsp3) is 0.538. The van der Waals surface area contributed by atoms with E-state index in [1.54, 1.807) is 4.90 Å².